The highest BCUT2D eigenvalue weighted by Gasteiger charge is 2.39. The van der Waals surface area contributed by atoms with E-state index in [4.69, 9.17) is 12.2 Å². The lowest BCUT2D eigenvalue weighted by atomic mass is 10.1. The molecule has 0 spiro atoms. The molecule has 3 N–H and O–H groups in total. The number of aromatic nitrogens is 2. The molecule has 0 aliphatic heterocycles. The van der Waals surface area contributed by atoms with Crippen LogP contribution in [0.2, 0.25) is 0 Å². The summed E-state index contributed by atoms with van der Waals surface area (Å²) in [4.78, 5) is 17.6. The molecule has 0 bridgehead atoms. The van der Waals surface area contributed by atoms with Gasteiger partial charge in [-0.25, -0.2) is 4.79 Å². The monoisotopic (exact) mass is 308 g/mol. The van der Waals surface area contributed by atoms with Crippen LogP contribution >= 0.6 is 12.2 Å². The minimum absolute atomic E-state index is 0.303. The van der Waals surface area contributed by atoms with Crippen molar-refractivity contribution in [3.8, 4) is 0 Å². The third-order valence-corrected chi connectivity index (χ3v) is 3.71. The normalized spacial score (nSPS) is 12.6. The molecular weight excluding hydrogens is 286 g/mol. The van der Waals surface area contributed by atoms with Crippen molar-refractivity contribution in [2.45, 2.75) is 12.5 Å². The maximum atomic E-state index is 11.8. The molecule has 0 fully saturated rings. The molecule has 6 heteroatoms. The first-order chi connectivity index (χ1) is 9.99. The third kappa shape index (κ3) is 4.27. The van der Waals surface area contributed by atoms with E-state index in [-0.39, 0.29) is 0 Å². The zero-order valence-electron chi connectivity index (χ0n) is 12.0. The van der Waals surface area contributed by atoms with Gasteiger partial charge >= 0.3 is 5.97 Å². The van der Waals surface area contributed by atoms with Crippen LogP contribution in [0.4, 0.5) is 0 Å². The van der Waals surface area contributed by atoms with E-state index in [1.165, 1.54) is 0 Å². The second-order valence-corrected chi connectivity index (χ2v) is 5.37. The lowest BCUT2D eigenvalue weighted by Crippen LogP contribution is -2.60. The number of imidazole rings is 1. The van der Waals surface area contributed by atoms with Gasteiger partial charge in [0.05, 0.1) is 26.1 Å². The van der Waals surface area contributed by atoms with E-state index < -0.39 is 12.0 Å². The fourth-order valence-electron chi connectivity index (χ4n) is 2.58. The summed E-state index contributed by atoms with van der Waals surface area (Å²) in [6, 6.07) is -0.638. The van der Waals surface area contributed by atoms with E-state index in [9.17, 15) is 9.90 Å². The second kappa shape index (κ2) is 7.75. The van der Waals surface area contributed by atoms with Gasteiger partial charge in [-0.2, -0.15) is 0 Å². The molecule has 0 aliphatic carbocycles. The van der Waals surface area contributed by atoms with Gasteiger partial charge in [-0.3, -0.25) is 0 Å². The Morgan fingerprint density at radius 2 is 1.81 bits per heavy atom. The molecule has 0 aliphatic rings. The average Bonchev–Trinajstić information content (AvgIpc) is 2.82. The fraction of sp³-hybridized carbons (Fsp3) is 0.333. The summed E-state index contributed by atoms with van der Waals surface area (Å²) in [5.41, 5.74) is 0.770. The van der Waals surface area contributed by atoms with Crippen LogP contribution in [0.25, 0.3) is 0 Å². The molecule has 0 radical (unpaired) electrons. The molecule has 21 heavy (non-hydrogen) atoms. The fourth-order valence-corrected chi connectivity index (χ4v) is 2.77. The number of quaternary nitrogens is 1. The van der Waals surface area contributed by atoms with E-state index in [2.05, 4.69) is 29.7 Å². The lowest BCUT2D eigenvalue weighted by molar-refractivity contribution is -0.927. The molecular formula is C15H22N3O2S+. The summed E-state index contributed by atoms with van der Waals surface area (Å²) in [5, 5.41) is 9.69. The number of rotatable bonds is 10. The first-order valence-corrected chi connectivity index (χ1v) is 7.07. The van der Waals surface area contributed by atoms with E-state index in [1.807, 2.05) is 0 Å². The van der Waals surface area contributed by atoms with Crippen LogP contribution in [0.5, 0.6) is 0 Å². The zero-order valence-corrected chi connectivity index (χ0v) is 12.9. The predicted molar refractivity (Wildman–Crippen MR) is 86.6 cm³/mol. The van der Waals surface area contributed by atoms with Gasteiger partial charge in [0.2, 0.25) is 0 Å². The van der Waals surface area contributed by atoms with Crippen molar-refractivity contribution in [1.82, 2.24) is 9.97 Å². The molecule has 1 aromatic rings. The summed E-state index contributed by atoms with van der Waals surface area (Å²) in [6.07, 6.45) is 7.27. The standard InChI is InChI=1S/C15H21N3O2S/c1-4-7-18(8-5-2,9-6-3)13(14(19)20)10-12-11-16-15(21)17-12/h4-6,11,13H,1-3,7-10H2,(H2-,16,17,19,20,21)/p+1/t13-/m0/s1. The lowest BCUT2D eigenvalue weighted by Gasteiger charge is -2.40. The van der Waals surface area contributed by atoms with Gasteiger partial charge in [-0.15, -0.1) is 0 Å². The minimum Gasteiger partial charge on any atom is -0.477 e. The molecule has 0 aromatic carbocycles. The Balaban J connectivity index is 3.19. The number of H-pyrrole nitrogens is 2. The van der Waals surface area contributed by atoms with Crippen molar-refractivity contribution in [1.29, 1.82) is 0 Å². The Labute approximate surface area is 129 Å². The molecule has 0 saturated heterocycles. The molecule has 0 unspecified atom stereocenters. The van der Waals surface area contributed by atoms with E-state index in [0.29, 0.717) is 35.3 Å². The molecule has 1 aromatic heterocycles. The average molecular weight is 308 g/mol. The van der Waals surface area contributed by atoms with Crippen molar-refractivity contribution in [3.63, 3.8) is 0 Å². The highest BCUT2D eigenvalue weighted by molar-refractivity contribution is 7.71. The van der Waals surface area contributed by atoms with Crippen molar-refractivity contribution >= 4 is 18.2 Å². The van der Waals surface area contributed by atoms with Crippen molar-refractivity contribution in [3.05, 3.63) is 54.6 Å². The Hall–Kier alpha value is -1.92. The number of carboxylic acids is 1. The molecule has 0 amide bonds. The van der Waals surface area contributed by atoms with Gasteiger partial charge in [0.1, 0.15) is 0 Å². The molecule has 0 saturated carbocycles. The topological polar surface area (TPSA) is 68.9 Å². The van der Waals surface area contributed by atoms with Crippen LogP contribution in [0.3, 0.4) is 0 Å². The number of aliphatic carboxylic acids is 1. The molecule has 5 nitrogen and oxygen atoms in total. The van der Waals surface area contributed by atoms with Crippen molar-refractivity contribution < 1.29 is 14.4 Å². The SMILES string of the molecule is C=CC[N+](CC=C)(CC=C)[C@@H](Cc1c[nH]c(=S)[nH]1)C(=O)O. The molecule has 1 rings (SSSR count). The predicted octanol–water partition coefficient (Wildman–Crippen LogP) is 2.44. The first kappa shape index (κ1) is 17.1. The molecule has 1 heterocycles. The largest absolute Gasteiger partial charge is 0.477 e. The van der Waals surface area contributed by atoms with Gasteiger partial charge in [0.15, 0.2) is 10.8 Å². The summed E-state index contributed by atoms with van der Waals surface area (Å²) in [5.74, 6) is -0.860. The van der Waals surface area contributed by atoms with Gasteiger partial charge in [-0.05, 0) is 30.4 Å². The number of aromatic amines is 2. The van der Waals surface area contributed by atoms with Crippen LogP contribution in [0, 0.1) is 4.77 Å². The van der Waals surface area contributed by atoms with Crippen LogP contribution in [-0.2, 0) is 11.2 Å². The van der Waals surface area contributed by atoms with Crippen LogP contribution in [-0.4, -0.2) is 51.2 Å². The van der Waals surface area contributed by atoms with Gasteiger partial charge < -0.3 is 19.6 Å². The molecule has 114 valence electrons. The van der Waals surface area contributed by atoms with E-state index >= 15 is 0 Å². The maximum Gasteiger partial charge on any atom is 0.363 e. The summed E-state index contributed by atoms with van der Waals surface area (Å²) in [6.45, 7) is 12.8. The van der Waals surface area contributed by atoms with Gasteiger partial charge in [0, 0.05) is 11.9 Å². The summed E-state index contributed by atoms with van der Waals surface area (Å²) >= 11 is 4.99. The molecule has 1 atom stereocenters. The first-order valence-electron chi connectivity index (χ1n) is 6.67. The Morgan fingerprint density at radius 3 is 2.14 bits per heavy atom. The van der Waals surface area contributed by atoms with Crippen molar-refractivity contribution in [2.75, 3.05) is 19.6 Å². The Bertz CT molecular complexity index is 547. The van der Waals surface area contributed by atoms with E-state index in [1.54, 1.807) is 24.4 Å². The third-order valence-electron chi connectivity index (χ3n) is 3.49. The summed E-state index contributed by atoms with van der Waals surface area (Å²) < 4.78 is 0.792. The minimum atomic E-state index is -0.860. The smallest absolute Gasteiger partial charge is 0.363 e. The number of nitrogens with zero attached hydrogens (tertiary/aromatic N) is 1. The highest BCUT2D eigenvalue weighted by atomic mass is 32.1. The van der Waals surface area contributed by atoms with E-state index in [0.717, 1.165) is 5.69 Å². The van der Waals surface area contributed by atoms with Crippen molar-refractivity contribution in [2.24, 2.45) is 0 Å². The van der Waals surface area contributed by atoms with Crippen LogP contribution in [0.15, 0.2) is 44.2 Å². The van der Waals surface area contributed by atoms with Gasteiger partial charge in [0.25, 0.3) is 0 Å². The number of hydrogen-bond donors (Lipinski definition) is 3. The quantitative estimate of drug-likeness (QED) is 0.353. The highest BCUT2D eigenvalue weighted by Crippen LogP contribution is 2.19. The number of carbonyl (C=O) groups is 1. The second-order valence-electron chi connectivity index (χ2n) is 4.96. The zero-order chi connectivity index (χ0) is 15.9. The summed E-state index contributed by atoms with van der Waals surface area (Å²) in [7, 11) is 0. The van der Waals surface area contributed by atoms with Gasteiger partial charge in [-0.1, -0.05) is 19.7 Å². The number of hydrogen-bond acceptors (Lipinski definition) is 2. The Morgan fingerprint density at radius 1 is 1.29 bits per heavy atom. The number of nitrogens with one attached hydrogen (secondary N) is 2. The Kier molecular flexibility index (Phi) is 6.33. The number of carboxylic acid groups (broad SMARTS) is 1. The van der Waals surface area contributed by atoms with Crippen LogP contribution in [0.1, 0.15) is 5.69 Å². The van der Waals surface area contributed by atoms with Crippen LogP contribution < -0.4 is 0 Å². The maximum absolute atomic E-state index is 11.8.